The van der Waals surface area contributed by atoms with Crippen LogP contribution < -0.4 is 5.32 Å². The zero-order valence-corrected chi connectivity index (χ0v) is 17.5. The lowest BCUT2D eigenvalue weighted by Crippen LogP contribution is -2.40. The minimum atomic E-state index is -3.60. The SMILES string of the molecule is Cc1ccc(S(=O)(=O)N2CCOCC2)cc1NC(=O)CSC(=S)N(C)C. The van der Waals surface area contributed by atoms with Crippen molar-refractivity contribution < 1.29 is 17.9 Å². The number of thiocarbonyl (C=S) groups is 1. The van der Waals surface area contributed by atoms with E-state index in [0.29, 0.717) is 36.3 Å². The fourth-order valence-corrected chi connectivity index (χ4v) is 4.47. The molecule has 1 amide bonds. The van der Waals surface area contributed by atoms with Gasteiger partial charge in [-0.15, -0.1) is 0 Å². The number of anilines is 1. The van der Waals surface area contributed by atoms with Crippen LogP contribution in [0.25, 0.3) is 0 Å². The number of thioether (sulfide) groups is 1. The Morgan fingerprint density at radius 3 is 2.62 bits per heavy atom. The van der Waals surface area contributed by atoms with E-state index >= 15 is 0 Å². The van der Waals surface area contributed by atoms with Crippen LogP contribution in [0, 0.1) is 6.92 Å². The predicted octanol–water partition coefficient (Wildman–Crippen LogP) is 1.53. The summed E-state index contributed by atoms with van der Waals surface area (Å²) >= 11 is 6.40. The molecule has 0 aromatic heterocycles. The molecule has 0 unspecified atom stereocenters. The van der Waals surface area contributed by atoms with Crippen molar-refractivity contribution in [1.29, 1.82) is 0 Å². The topological polar surface area (TPSA) is 79.0 Å². The maximum Gasteiger partial charge on any atom is 0.243 e. The number of benzene rings is 1. The Morgan fingerprint density at radius 2 is 2.00 bits per heavy atom. The Kier molecular flexibility index (Phi) is 7.42. The highest BCUT2D eigenvalue weighted by Gasteiger charge is 2.26. The normalized spacial score (nSPS) is 15.5. The molecule has 0 saturated carbocycles. The number of nitrogens with one attached hydrogen (secondary N) is 1. The standard InChI is InChI=1S/C16H23N3O4S3/c1-12-4-5-13(26(21,22)19-6-8-23-9-7-19)10-14(12)17-15(20)11-25-16(24)18(2)3/h4-5,10H,6-9,11H2,1-3H3,(H,17,20). The van der Waals surface area contributed by atoms with Crippen molar-refractivity contribution in [3.8, 4) is 0 Å². The van der Waals surface area contributed by atoms with Crippen molar-refractivity contribution in [2.24, 2.45) is 0 Å². The Bertz CT molecular complexity index is 775. The molecular formula is C16H23N3O4S3. The summed E-state index contributed by atoms with van der Waals surface area (Å²) in [5, 5.41) is 2.77. The van der Waals surface area contributed by atoms with Crippen LogP contribution in [0.4, 0.5) is 5.69 Å². The van der Waals surface area contributed by atoms with Crippen molar-refractivity contribution in [3.05, 3.63) is 23.8 Å². The van der Waals surface area contributed by atoms with E-state index in [0.717, 1.165) is 5.56 Å². The van der Waals surface area contributed by atoms with Crippen molar-refractivity contribution >= 4 is 49.9 Å². The molecule has 1 N–H and O–H groups in total. The lowest BCUT2D eigenvalue weighted by molar-refractivity contribution is -0.113. The Hall–Kier alpha value is -1.20. The van der Waals surface area contributed by atoms with Gasteiger partial charge in [-0.1, -0.05) is 30.0 Å². The lowest BCUT2D eigenvalue weighted by Gasteiger charge is -2.26. The monoisotopic (exact) mass is 417 g/mol. The van der Waals surface area contributed by atoms with Gasteiger partial charge in [-0.25, -0.2) is 8.42 Å². The van der Waals surface area contributed by atoms with E-state index in [1.165, 1.54) is 22.1 Å². The summed E-state index contributed by atoms with van der Waals surface area (Å²) in [4.78, 5) is 14.1. The van der Waals surface area contributed by atoms with Crippen LogP contribution >= 0.6 is 24.0 Å². The van der Waals surface area contributed by atoms with Crippen molar-refractivity contribution in [1.82, 2.24) is 9.21 Å². The molecule has 144 valence electrons. The number of nitrogens with zero attached hydrogens (tertiary/aromatic N) is 2. The quantitative estimate of drug-likeness (QED) is 0.728. The van der Waals surface area contributed by atoms with Crippen LogP contribution in [-0.4, -0.2) is 74.0 Å². The summed E-state index contributed by atoms with van der Waals surface area (Å²) in [6.07, 6.45) is 0. The molecule has 7 nitrogen and oxygen atoms in total. The molecule has 0 radical (unpaired) electrons. The Morgan fingerprint density at radius 1 is 1.35 bits per heavy atom. The number of rotatable bonds is 5. The highest BCUT2D eigenvalue weighted by Crippen LogP contribution is 2.24. The van der Waals surface area contributed by atoms with E-state index in [2.05, 4.69) is 5.32 Å². The molecule has 0 spiro atoms. The number of hydrogen-bond acceptors (Lipinski definition) is 6. The number of morpholine rings is 1. The van der Waals surface area contributed by atoms with Gasteiger partial charge in [0.25, 0.3) is 0 Å². The molecule has 26 heavy (non-hydrogen) atoms. The number of hydrogen-bond donors (Lipinski definition) is 1. The summed E-state index contributed by atoms with van der Waals surface area (Å²) < 4.78 is 32.7. The van der Waals surface area contributed by atoms with E-state index in [9.17, 15) is 13.2 Å². The van der Waals surface area contributed by atoms with Crippen molar-refractivity contribution in [3.63, 3.8) is 0 Å². The first-order chi connectivity index (χ1) is 12.2. The summed E-state index contributed by atoms with van der Waals surface area (Å²) in [6, 6.07) is 4.76. The first-order valence-corrected chi connectivity index (χ1v) is 10.9. The number of aryl methyl sites for hydroxylation is 1. The van der Waals surface area contributed by atoms with Gasteiger partial charge in [0.1, 0.15) is 4.32 Å². The number of carbonyl (C=O) groups is 1. The molecule has 0 bridgehead atoms. The van der Waals surface area contributed by atoms with Gasteiger partial charge in [-0.2, -0.15) is 4.31 Å². The number of sulfonamides is 1. The van der Waals surface area contributed by atoms with Gasteiger partial charge in [-0.3, -0.25) is 4.79 Å². The lowest BCUT2D eigenvalue weighted by atomic mass is 10.2. The smallest absolute Gasteiger partial charge is 0.243 e. The highest BCUT2D eigenvalue weighted by atomic mass is 32.2. The summed E-state index contributed by atoms with van der Waals surface area (Å²) in [6.45, 7) is 3.25. The van der Waals surface area contributed by atoms with Crippen LogP contribution in [-0.2, 0) is 19.6 Å². The largest absolute Gasteiger partial charge is 0.379 e. The van der Waals surface area contributed by atoms with Crippen LogP contribution in [0.1, 0.15) is 5.56 Å². The fourth-order valence-electron chi connectivity index (χ4n) is 2.27. The fraction of sp³-hybridized carbons (Fsp3) is 0.500. The van der Waals surface area contributed by atoms with Gasteiger partial charge in [-0.05, 0) is 24.6 Å². The summed E-state index contributed by atoms with van der Waals surface area (Å²) in [5.74, 6) is -0.0695. The third-order valence-electron chi connectivity index (χ3n) is 3.78. The molecule has 0 atom stereocenters. The van der Waals surface area contributed by atoms with Crippen LogP contribution in [0.5, 0.6) is 0 Å². The van der Waals surface area contributed by atoms with Gasteiger partial charge in [0.2, 0.25) is 15.9 Å². The molecule has 0 aliphatic carbocycles. The second-order valence-corrected chi connectivity index (χ2v) is 9.54. The van der Waals surface area contributed by atoms with Crippen molar-refractivity contribution in [2.45, 2.75) is 11.8 Å². The number of amides is 1. The maximum atomic E-state index is 12.8. The summed E-state index contributed by atoms with van der Waals surface area (Å²) in [7, 11) is 0.0290. The predicted molar refractivity (Wildman–Crippen MR) is 108 cm³/mol. The first kappa shape index (κ1) is 21.1. The molecule has 1 aliphatic rings. The number of carbonyl (C=O) groups excluding carboxylic acids is 1. The van der Waals surface area contributed by atoms with E-state index < -0.39 is 10.0 Å². The van der Waals surface area contributed by atoms with E-state index in [1.807, 2.05) is 21.0 Å². The Balaban J connectivity index is 2.11. The van der Waals surface area contributed by atoms with E-state index in [-0.39, 0.29) is 16.6 Å². The second kappa shape index (κ2) is 9.14. The molecule has 1 saturated heterocycles. The number of ether oxygens (including phenoxy) is 1. The molecule has 1 aliphatic heterocycles. The average Bonchev–Trinajstić information content (AvgIpc) is 2.62. The molecule has 2 rings (SSSR count). The first-order valence-electron chi connectivity index (χ1n) is 8.04. The minimum Gasteiger partial charge on any atom is -0.379 e. The van der Waals surface area contributed by atoms with E-state index in [1.54, 1.807) is 17.0 Å². The van der Waals surface area contributed by atoms with Gasteiger partial charge in [0.05, 0.1) is 23.9 Å². The third kappa shape index (κ3) is 5.40. The molecule has 1 aromatic rings. The van der Waals surface area contributed by atoms with Gasteiger partial charge in [0, 0.05) is 32.9 Å². The zero-order valence-electron chi connectivity index (χ0n) is 15.0. The molecular weight excluding hydrogens is 394 g/mol. The molecule has 10 heteroatoms. The van der Waals surface area contributed by atoms with Gasteiger partial charge < -0.3 is 15.0 Å². The van der Waals surface area contributed by atoms with Crippen LogP contribution in [0.2, 0.25) is 0 Å². The van der Waals surface area contributed by atoms with Crippen LogP contribution in [0.3, 0.4) is 0 Å². The zero-order chi connectivity index (χ0) is 19.3. The van der Waals surface area contributed by atoms with Crippen LogP contribution in [0.15, 0.2) is 23.1 Å². The highest BCUT2D eigenvalue weighted by molar-refractivity contribution is 8.23. The maximum absolute atomic E-state index is 12.8. The van der Waals surface area contributed by atoms with E-state index in [4.69, 9.17) is 17.0 Å². The minimum absolute atomic E-state index is 0.164. The average molecular weight is 418 g/mol. The van der Waals surface area contributed by atoms with Crippen molar-refractivity contribution in [2.75, 3.05) is 51.5 Å². The van der Waals surface area contributed by atoms with Gasteiger partial charge >= 0.3 is 0 Å². The second-order valence-electron chi connectivity index (χ2n) is 5.99. The molecule has 1 fully saturated rings. The molecule has 1 aromatic carbocycles. The Labute approximate surface area is 164 Å². The molecule has 1 heterocycles. The van der Waals surface area contributed by atoms with Gasteiger partial charge in [0.15, 0.2) is 0 Å². The summed E-state index contributed by atoms with van der Waals surface area (Å²) in [5.41, 5.74) is 1.28. The third-order valence-corrected chi connectivity index (χ3v) is 7.41.